The molecule has 25 heavy (non-hydrogen) atoms. The van der Waals surface area contributed by atoms with E-state index in [9.17, 15) is 23.1 Å². The smallest absolute Gasteiger partial charge is 0.362 e. The molecule has 2 aliphatic rings. The Bertz CT molecular complexity index is 750. The van der Waals surface area contributed by atoms with Gasteiger partial charge in [0.2, 0.25) is 0 Å². The maximum atomic E-state index is 13.8. The number of amides is 1. The zero-order valence-electron chi connectivity index (χ0n) is 13.8. The first-order valence-electron chi connectivity index (χ1n) is 8.03. The van der Waals surface area contributed by atoms with E-state index in [1.54, 1.807) is 6.92 Å². The van der Waals surface area contributed by atoms with Crippen LogP contribution in [0, 0.1) is 18.8 Å². The van der Waals surface area contributed by atoms with Gasteiger partial charge < -0.3 is 5.11 Å². The van der Waals surface area contributed by atoms with Gasteiger partial charge in [-0.1, -0.05) is 18.5 Å². The van der Waals surface area contributed by atoms with Crippen molar-refractivity contribution < 1.29 is 23.1 Å². The van der Waals surface area contributed by atoms with Crippen molar-refractivity contribution in [3.8, 4) is 0 Å². The fourth-order valence-corrected chi connectivity index (χ4v) is 3.63. The third kappa shape index (κ3) is 2.83. The highest BCUT2D eigenvalue weighted by molar-refractivity contribution is 6.31. The van der Waals surface area contributed by atoms with Crippen LogP contribution in [0.4, 0.5) is 13.2 Å². The lowest BCUT2D eigenvalue weighted by Crippen LogP contribution is -2.61. The fourth-order valence-electron chi connectivity index (χ4n) is 3.51. The molecule has 1 aromatic carbocycles. The number of aliphatic hydroxyl groups is 1. The number of carbonyl (C=O) groups is 1. The van der Waals surface area contributed by atoms with Crippen LogP contribution in [0.25, 0.3) is 0 Å². The van der Waals surface area contributed by atoms with Gasteiger partial charge >= 0.3 is 6.18 Å². The van der Waals surface area contributed by atoms with Crippen molar-refractivity contribution in [2.75, 3.05) is 0 Å². The molecule has 8 heteroatoms. The maximum Gasteiger partial charge on any atom is 0.439 e. The molecule has 1 aliphatic heterocycles. The van der Waals surface area contributed by atoms with E-state index in [4.69, 9.17) is 11.6 Å². The molecule has 1 amide bonds. The molecular weight excluding hydrogens is 357 g/mol. The third-order valence-corrected chi connectivity index (χ3v) is 5.41. The lowest BCUT2D eigenvalue weighted by molar-refractivity contribution is -0.313. The van der Waals surface area contributed by atoms with Gasteiger partial charge in [-0.25, -0.2) is 0 Å². The minimum atomic E-state index is -5.02. The first kappa shape index (κ1) is 18.2. The molecule has 0 aromatic heterocycles. The van der Waals surface area contributed by atoms with Crippen LogP contribution < -0.4 is 0 Å². The topological polar surface area (TPSA) is 52.9 Å². The summed E-state index contributed by atoms with van der Waals surface area (Å²) >= 11 is 5.91. The third-order valence-electron chi connectivity index (χ3n) is 4.99. The number of benzene rings is 1. The number of nitrogens with zero attached hydrogens (tertiary/aromatic N) is 2. The van der Waals surface area contributed by atoms with E-state index in [1.807, 2.05) is 6.92 Å². The molecule has 1 fully saturated rings. The summed E-state index contributed by atoms with van der Waals surface area (Å²) in [5, 5.41) is 15.1. The zero-order chi connectivity index (χ0) is 18.6. The predicted octanol–water partition coefficient (Wildman–Crippen LogP) is 4.15. The monoisotopic (exact) mass is 374 g/mol. The van der Waals surface area contributed by atoms with Crippen molar-refractivity contribution >= 4 is 23.2 Å². The average Bonchev–Trinajstić information content (AvgIpc) is 2.83. The molecule has 1 aliphatic carbocycles. The number of rotatable bonds is 1. The van der Waals surface area contributed by atoms with Gasteiger partial charge in [-0.05, 0) is 55.9 Å². The van der Waals surface area contributed by atoms with E-state index in [0.29, 0.717) is 23.4 Å². The van der Waals surface area contributed by atoms with Crippen molar-refractivity contribution in [2.45, 2.75) is 45.0 Å². The molecule has 3 atom stereocenters. The Labute approximate surface area is 148 Å². The number of hydrogen-bond donors (Lipinski definition) is 1. The lowest BCUT2D eigenvalue weighted by Gasteiger charge is -2.39. The second-order valence-corrected chi connectivity index (χ2v) is 7.24. The van der Waals surface area contributed by atoms with Gasteiger partial charge in [0.1, 0.15) is 0 Å². The number of alkyl halides is 3. The summed E-state index contributed by atoms with van der Waals surface area (Å²) in [6, 6.07) is 4.17. The molecule has 0 bridgehead atoms. The number of hydrazone groups is 1. The summed E-state index contributed by atoms with van der Waals surface area (Å²) in [4.78, 5) is 12.7. The van der Waals surface area contributed by atoms with E-state index >= 15 is 0 Å². The second kappa shape index (κ2) is 5.99. The van der Waals surface area contributed by atoms with Gasteiger partial charge in [-0.3, -0.25) is 4.79 Å². The van der Waals surface area contributed by atoms with Crippen molar-refractivity contribution in [2.24, 2.45) is 16.9 Å². The van der Waals surface area contributed by atoms with E-state index in [0.717, 1.165) is 0 Å². The van der Waals surface area contributed by atoms with Gasteiger partial charge in [0.15, 0.2) is 0 Å². The number of carbonyl (C=O) groups excluding carboxylic acids is 1. The summed E-state index contributed by atoms with van der Waals surface area (Å²) in [6.45, 7) is 3.48. The van der Waals surface area contributed by atoms with Crippen LogP contribution in [-0.2, 0) is 0 Å². The molecule has 1 aromatic rings. The highest BCUT2D eigenvalue weighted by Crippen LogP contribution is 2.49. The van der Waals surface area contributed by atoms with Crippen LogP contribution >= 0.6 is 11.6 Å². The van der Waals surface area contributed by atoms with Gasteiger partial charge in [-0.15, -0.1) is 0 Å². The van der Waals surface area contributed by atoms with Gasteiger partial charge in [0, 0.05) is 16.3 Å². The highest BCUT2D eigenvalue weighted by atomic mass is 35.5. The first-order chi connectivity index (χ1) is 11.6. The minimum Gasteiger partial charge on any atom is -0.362 e. The van der Waals surface area contributed by atoms with Crippen molar-refractivity contribution in [3.05, 3.63) is 34.3 Å². The Kier molecular flexibility index (Phi) is 4.36. The minimum absolute atomic E-state index is 0.000574. The first-order valence-corrected chi connectivity index (χ1v) is 8.40. The van der Waals surface area contributed by atoms with Gasteiger partial charge in [-0.2, -0.15) is 23.3 Å². The summed E-state index contributed by atoms with van der Waals surface area (Å²) in [6.07, 6.45) is -3.85. The number of fused-ring (bicyclic) bond motifs is 1. The number of halogens is 4. The fraction of sp³-hybridized carbons (Fsp3) is 0.529. The molecule has 0 saturated heterocycles. The van der Waals surface area contributed by atoms with E-state index < -0.39 is 23.7 Å². The van der Waals surface area contributed by atoms with E-state index in [2.05, 4.69) is 5.10 Å². The second-order valence-electron chi connectivity index (χ2n) is 6.83. The molecule has 1 saturated carbocycles. The maximum absolute atomic E-state index is 13.8. The van der Waals surface area contributed by atoms with Crippen LogP contribution in [-0.4, -0.2) is 33.6 Å². The SMILES string of the molecule is Cc1cc(C(=O)N2N=C3CC[C@H](C)C[C@H]3[C@@]2(O)C(F)(F)F)ccc1Cl. The van der Waals surface area contributed by atoms with Crippen LogP contribution in [0.3, 0.4) is 0 Å². The van der Waals surface area contributed by atoms with Crippen LogP contribution in [0.2, 0.25) is 5.02 Å². The Balaban J connectivity index is 2.05. The molecule has 136 valence electrons. The van der Waals surface area contributed by atoms with Crippen LogP contribution in [0.15, 0.2) is 23.3 Å². The predicted molar refractivity (Wildman–Crippen MR) is 87.3 cm³/mol. The zero-order valence-corrected chi connectivity index (χ0v) is 14.5. The summed E-state index contributed by atoms with van der Waals surface area (Å²) < 4.78 is 41.3. The molecular formula is C17H18ClF3N2O2. The quantitative estimate of drug-likeness (QED) is 0.803. The summed E-state index contributed by atoms with van der Waals surface area (Å²) in [7, 11) is 0. The van der Waals surface area contributed by atoms with Crippen LogP contribution in [0.5, 0.6) is 0 Å². The molecule has 1 N–H and O–H groups in total. The molecule has 4 nitrogen and oxygen atoms in total. The van der Waals surface area contributed by atoms with Gasteiger partial charge in [0.05, 0.1) is 5.92 Å². The van der Waals surface area contributed by atoms with Gasteiger partial charge in [0.25, 0.3) is 11.6 Å². The van der Waals surface area contributed by atoms with Crippen molar-refractivity contribution in [1.82, 2.24) is 5.01 Å². The number of aryl methyl sites for hydroxylation is 1. The Morgan fingerprint density at radius 3 is 2.72 bits per heavy atom. The lowest BCUT2D eigenvalue weighted by atomic mass is 9.76. The molecule has 1 heterocycles. The van der Waals surface area contributed by atoms with Crippen LogP contribution in [0.1, 0.15) is 42.1 Å². The molecule has 3 rings (SSSR count). The Hall–Kier alpha value is -1.60. The van der Waals surface area contributed by atoms with Crippen molar-refractivity contribution in [3.63, 3.8) is 0 Å². The Morgan fingerprint density at radius 2 is 2.12 bits per heavy atom. The standard InChI is InChI=1S/C17H18ClF3N2O2/c1-9-3-6-14-12(7-9)16(25,17(19,20)21)23(22-14)15(24)11-4-5-13(18)10(2)8-11/h4-5,8-9,12,25H,3,6-7H2,1-2H3/t9-,12+,16+/m0/s1. The van der Waals surface area contributed by atoms with Crippen molar-refractivity contribution in [1.29, 1.82) is 0 Å². The van der Waals surface area contributed by atoms with E-state index in [-0.39, 0.29) is 28.6 Å². The molecule has 0 unspecified atom stereocenters. The molecule has 0 spiro atoms. The molecule has 0 radical (unpaired) electrons. The average molecular weight is 375 g/mol. The largest absolute Gasteiger partial charge is 0.439 e. The normalized spacial score (nSPS) is 29.4. The Morgan fingerprint density at radius 1 is 1.44 bits per heavy atom. The number of hydrogen-bond acceptors (Lipinski definition) is 3. The summed E-state index contributed by atoms with van der Waals surface area (Å²) in [5.41, 5.74) is -2.53. The summed E-state index contributed by atoms with van der Waals surface area (Å²) in [5.74, 6) is -2.20. The highest BCUT2D eigenvalue weighted by Gasteiger charge is 2.68. The van der Waals surface area contributed by atoms with E-state index in [1.165, 1.54) is 18.2 Å².